The Hall–Kier alpha value is -3.40. The summed E-state index contributed by atoms with van der Waals surface area (Å²) in [5.74, 6) is -8.41. The van der Waals surface area contributed by atoms with E-state index in [1.165, 1.54) is 14.2 Å². The summed E-state index contributed by atoms with van der Waals surface area (Å²) in [6, 6.07) is -1.16. The molecule has 3 aliphatic heterocycles. The van der Waals surface area contributed by atoms with E-state index in [-0.39, 0.29) is 73.3 Å². The van der Waals surface area contributed by atoms with Gasteiger partial charge in [-0.25, -0.2) is 9.18 Å². The first-order valence-electron chi connectivity index (χ1n) is 24.7. The average molecular weight is 944 g/mol. The predicted octanol–water partition coefficient (Wildman–Crippen LogP) is 8.47. The lowest BCUT2D eigenvalue weighted by Gasteiger charge is -2.41. The highest BCUT2D eigenvalue weighted by Crippen LogP contribution is 2.40. The number of nitrogens with zero attached hydrogens (tertiary/aromatic N) is 1. The lowest BCUT2D eigenvalue weighted by Crippen LogP contribution is -2.59. The summed E-state index contributed by atoms with van der Waals surface area (Å²) >= 11 is 0. The van der Waals surface area contributed by atoms with Crippen molar-refractivity contribution in [1.82, 2.24) is 4.90 Å². The second-order valence-electron chi connectivity index (χ2n) is 20.0. The lowest BCUT2D eigenvalue weighted by atomic mass is 9.78. The molecule has 1 aliphatic carbocycles. The van der Waals surface area contributed by atoms with E-state index in [1.54, 1.807) is 41.3 Å². The Morgan fingerprint density at radius 2 is 1.48 bits per heavy atom. The molecular weight excluding hydrogens is 862 g/mol. The van der Waals surface area contributed by atoms with Gasteiger partial charge in [-0.1, -0.05) is 71.1 Å². The molecule has 13 nitrogen and oxygen atoms in total. The summed E-state index contributed by atoms with van der Waals surface area (Å²) < 4.78 is 58.3. The molecule has 1 saturated carbocycles. The molecule has 4 aliphatic rings. The zero-order chi connectivity index (χ0) is 49.6. The Kier molecular flexibility index (Phi) is 22.3. The Morgan fingerprint density at radius 1 is 0.776 bits per heavy atom. The number of piperidine rings is 1. The van der Waals surface area contributed by atoms with Gasteiger partial charge in [-0.05, 0) is 107 Å². The Bertz CT molecular complexity index is 1790. The molecule has 2 saturated heterocycles. The maximum atomic E-state index is 17.1. The SMILES string of the molecule is CO[C@H]1C[C@@H]2CC[C@@H](C)[C@@](F)(O2)C(=O)C(=O)N2CCCC[C@H]2C(=O)OC([C@H](C)C[C@@H]2CC[C@@H](OC)[C@H](OC)C2)CC(=O)[C@H](C)/C=C(\C)[C@@H](OC)[C@@H](OC)C(=O)[C@H](C)C[C@H](C)/C=C/C=CC=C1C. The molecule has 0 N–H and O–H groups in total. The van der Waals surface area contributed by atoms with E-state index < -0.39 is 71.9 Å². The minimum Gasteiger partial charge on any atom is -0.460 e. The number of esters is 1. The van der Waals surface area contributed by atoms with Crippen molar-refractivity contribution in [3.63, 3.8) is 0 Å². The molecule has 3 heterocycles. The molecule has 67 heavy (non-hydrogen) atoms. The van der Waals surface area contributed by atoms with Crippen LogP contribution in [-0.2, 0) is 57.1 Å². The van der Waals surface area contributed by atoms with Crippen molar-refractivity contribution in [1.29, 1.82) is 0 Å². The summed E-state index contributed by atoms with van der Waals surface area (Å²) in [7, 11) is 7.90. The number of fused-ring (bicyclic) bond motifs is 3. The fourth-order valence-corrected chi connectivity index (χ4v) is 10.6. The third-order valence-electron chi connectivity index (χ3n) is 14.9. The fraction of sp³-hybridized carbons (Fsp3) is 0.755. The quantitative estimate of drug-likeness (QED) is 0.130. The van der Waals surface area contributed by atoms with Gasteiger partial charge in [0.15, 0.2) is 5.78 Å². The van der Waals surface area contributed by atoms with E-state index in [0.29, 0.717) is 44.1 Å². The van der Waals surface area contributed by atoms with E-state index in [9.17, 15) is 24.0 Å². The molecule has 14 heteroatoms. The van der Waals surface area contributed by atoms with Gasteiger partial charge < -0.3 is 38.1 Å². The number of rotatable bonds is 8. The second kappa shape index (κ2) is 26.5. The van der Waals surface area contributed by atoms with Gasteiger partial charge >= 0.3 is 5.97 Å². The van der Waals surface area contributed by atoms with Gasteiger partial charge in [-0.15, -0.1) is 0 Å². The number of halogens is 1. The summed E-state index contributed by atoms with van der Waals surface area (Å²) in [4.78, 5) is 72.2. The standard InChI is InChI=1S/C53H82FNO12/c1-32-18-14-13-15-19-33(2)44(62-9)30-40-23-21-38(7)53(54,67-40)50(58)51(59)55-25-17-16-20-41(55)52(60)66-45(35(4)28-39-22-24-43(61-8)46(29-39)63-10)31-42(56)34(3)27-37(6)48(64-11)49(65-12)47(57)36(5)26-32/h13-15,18-19,27,32,34-36,38-41,43-46,48-49H,16-17,20-26,28-31H2,1-12H3/b15-13?,18-14+,33-19?,37-27+/t32-,34-,35-,36-,38-,39+,40+,41+,43-,44+,45?,46-,48-,49+,53-/m1/s1. The van der Waals surface area contributed by atoms with E-state index in [0.717, 1.165) is 29.7 Å². The normalized spacial score (nSPS) is 38.3. The van der Waals surface area contributed by atoms with Crippen molar-refractivity contribution in [2.75, 3.05) is 42.1 Å². The van der Waals surface area contributed by atoms with Crippen molar-refractivity contribution in [3.05, 3.63) is 47.6 Å². The third kappa shape index (κ3) is 14.8. The van der Waals surface area contributed by atoms with Crippen molar-refractivity contribution < 1.29 is 61.5 Å². The maximum Gasteiger partial charge on any atom is 0.329 e. The number of alkyl halides is 1. The molecule has 4 rings (SSSR count). The first-order chi connectivity index (χ1) is 31.8. The summed E-state index contributed by atoms with van der Waals surface area (Å²) in [6.45, 7) is 13.0. The van der Waals surface area contributed by atoms with Gasteiger partial charge in [0.05, 0.1) is 24.4 Å². The Labute approximate surface area is 399 Å². The number of methoxy groups -OCH3 is 5. The number of hydrogen-bond acceptors (Lipinski definition) is 12. The molecule has 0 radical (unpaired) electrons. The Morgan fingerprint density at radius 3 is 2.13 bits per heavy atom. The van der Waals surface area contributed by atoms with Crippen molar-refractivity contribution >= 4 is 29.2 Å². The van der Waals surface area contributed by atoms with Crippen LogP contribution in [0.5, 0.6) is 0 Å². The first kappa shape index (κ1) is 56.2. The summed E-state index contributed by atoms with van der Waals surface area (Å²) in [6.07, 6.45) is 13.3. The molecule has 0 aromatic heterocycles. The van der Waals surface area contributed by atoms with Crippen LogP contribution in [-0.4, -0.2) is 131 Å². The van der Waals surface area contributed by atoms with Gasteiger partial charge in [-0.2, -0.15) is 0 Å². The highest BCUT2D eigenvalue weighted by molar-refractivity contribution is 6.39. The van der Waals surface area contributed by atoms with Gasteiger partial charge in [-0.3, -0.25) is 19.2 Å². The zero-order valence-electron chi connectivity index (χ0n) is 42.5. The zero-order valence-corrected chi connectivity index (χ0v) is 42.5. The predicted molar refractivity (Wildman–Crippen MR) is 254 cm³/mol. The minimum absolute atomic E-state index is 0.0323. The number of carbonyl (C=O) groups excluding carboxylic acids is 5. The topological polar surface area (TPSA) is 153 Å². The van der Waals surface area contributed by atoms with Crippen LogP contribution in [0, 0.1) is 35.5 Å². The monoisotopic (exact) mass is 944 g/mol. The molecule has 0 aromatic carbocycles. The molecule has 0 spiro atoms. The van der Waals surface area contributed by atoms with Crippen LogP contribution >= 0.6 is 0 Å². The first-order valence-corrected chi connectivity index (χ1v) is 24.7. The molecule has 2 bridgehead atoms. The van der Waals surface area contributed by atoms with Gasteiger partial charge in [0.1, 0.15) is 30.1 Å². The van der Waals surface area contributed by atoms with Crippen molar-refractivity contribution in [2.24, 2.45) is 35.5 Å². The van der Waals surface area contributed by atoms with E-state index >= 15 is 4.39 Å². The lowest BCUT2D eigenvalue weighted by molar-refractivity contribution is -0.231. The molecule has 1 unspecified atom stereocenters. The van der Waals surface area contributed by atoms with E-state index in [4.69, 9.17) is 33.2 Å². The van der Waals surface area contributed by atoms with Crippen LogP contribution in [0.15, 0.2) is 47.6 Å². The van der Waals surface area contributed by atoms with E-state index in [2.05, 4.69) is 0 Å². The van der Waals surface area contributed by atoms with E-state index in [1.807, 2.05) is 65.0 Å². The van der Waals surface area contributed by atoms with Crippen LogP contribution in [0.1, 0.15) is 126 Å². The number of cyclic esters (lactones) is 1. The largest absolute Gasteiger partial charge is 0.460 e. The second-order valence-corrected chi connectivity index (χ2v) is 20.0. The average Bonchev–Trinajstić information content (AvgIpc) is 3.31. The molecule has 15 atom stereocenters. The number of ether oxygens (including phenoxy) is 7. The number of hydrogen-bond donors (Lipinski definition) is 0. The third-order valence-corrected chi connectivity index (χ3v) is 14.9. The fourth-order valence-electron chi connectivity index (χ4n) is 10.6. The Balaban J connectivity index is 1.72. The minimum atomic E-state index is -2.91. The van der Waals surface area contributed by atoms with Crippen molar-refractivity contribution in [2.45, 2.75) is 180 Å². The number of allylic oxidation sites excluding steroid dienone is 6. The summed E-state index contributed by atoms with van der Waals surface area (Å²) in [5, 5.41) is 0. The van der Waals surface area contributed by atoms with Crippen LogP contribution in [0.2, 0.25) is 0 Å². The van der Waals surface area contributed by atoms with Gasteiger partial charge in [0, 0.05) is 72.7 Å². The number of amides is 1. The van der Waals surface area contributed by atoms with Crippen LogP contribution in [0.3, 0.4) is 0 Å². The summed E-state index contributed by atoms with van der Waals surface area (Å²) in [5.41, 5.74) is 1.50. The molecule has 0 aromatic rings. The van der Waals surface area contributed by atoms with Crippen molar-refractivity contribution in [3.8, 4) is 0 Å². The van der Waals surface area contributed by atoms with Crippen LogP contribution in [0.4, 0.5) is 4.39 Å². The number of carbonyl (C=O) groups is 5. The maximum absolute atomic E-state index is 17.1. The van der Waals surface area contributed by atoms with Crippen LogP contribution < -0.4 is 0 Å². The highest BCUT2D eigenvalue weighted by atomic mass is 19.2. The number of ketones is 3. The van der Waals surface area contributed by atoms with Crippen LogP contribution in [0.25, 0.3) is 0 Å². The van der Waals surface area contributed by atoms with Gasteiger partial charge in [0.2, 0.25) is 0 Å². The molecule has 1 amide bonds. The number of Topliss-reactive ketones (excluding diaryl/α,β-unsaturated/α-hetero) is 3. The molecule has 378 valence electrons. The highest BCUT2D eigenvalue weighted by Gasteiger charge is 2.55. The van der Waals surface area contributed by atoms with Gasteiger partial charge in [0.25, 0.3) is 17.5 Å². The molecular formula is C53H82FNO12. The smallest absolute Gasteiger partial charge is 0.329 e. The molecule has 3 fully saturated rings.